The van der Waals surface area contributed by atoms with Gasteiger partial charge in [-0.2, -0.15) is 0 Å². The van der Waals surface area contributed by atoms with Crippen LogP contribution in [-0.4, -0.2) is 59.3 Å². The third kappa shape index (κ3) is 17.2. The standard InChI is InChI=1S/2C29H26NO2P.2CH2Cl2.2Ag.2NO3/c2*1-32-28(31)27-22-33(25-18-10-4-11-19-25,26-20-12-5-13-21-26)30-29(27,23-14-6-2-7-15-23)24-16-8-3-9-17-24;2*2-1-3;;;2*2-1(3)4/h2*2-21,27H,22H2,1H3;2*1H2;;;;/q;;;;2*+1;2*-1/t2*27-;;;;;;/m10....../s1. The number of halogens is 4. The van der Waals surface area contributed by atoms with Crippen LogP contribution in [0.25, 0.3) is 0 Å². The van der Waals surface area contributed by atoms with Gasteiger partial charge in [0.15, 0.2) is 0 Å². The maximum Gasteiger partial charge on any atom is 1.00 e. The van der Waals surface area contributed by atoms with Crippen LogP contribution in [0, 0.1) is 42.5 Å². The third-order valence-electron chi connectivity index (χ3n) is 13.1. The van der Waals surface area contributed by atoms with Crippen molar-refractivity contribution < 1.29 is 74.0 Å². The van der Waals surface area contributed by atoms with Crippen LogP contribution in [0.5, 0.6) is 0 Å². The van der Waals surface area contributed by atoms with Crippen molar-refractivity contribution in [1.82, 2.24) is 0 Å². The minimum Gasteiger partial charge on any atom is -0.469 e. The van der Waals surface area contributed by atoms with E-state index >= 15 is 0 Å². The molecule has 436 valence electrons. The van der Waals surface area contributed by atoms with E-state index in [-0.39, 0.29) is 67.4 Å². The van der Waals surface area contributed by atoms with Crippen molar-refractivity contribution >= 4 is 93.7 Å². The Hall–Kier alpha value is -5.80. The fourth-order valence-electron chi connectivity index (χ4n) is 10.1. The molecule has 0 N–H and O–H groups in total. The summed E-state index contributed by atoms with van der Waals surface area (Å²) in [6.45, 7) is 0. The summed E-state index contributed by atoms with van der Waals surface area (Å²) in [4.78, 5) is 43.4. The van der Waals surface area contributed by atoms with Crippen LogP contribution in [0.1, 0.15) is 22.3 Å². The van der Waals surface area contributed by atoms with Crippen molar-refractivity contribution in [1.29, 1.82) is 0 Å². The quantitative estimate of drug-likeness (QED) is 0.0316. The number of ether oxygens (including phenoxy) is 2. The van der Waals surface area contributed by atoms with Gasteiger partial charge in [0.25, 0.3) is 0 Å². The zero-order valence-electron chi connectivity index (χ0n) is 44.0. The Morgan fingerprint density at radius 2 is 0.573 bits per heavy atom. The first-order chi connectivity index (χ1) is 38.7. The molecular formula is C60H56Ag2Cl4N4O10P2. The van der Waals surface area contributed by atoms with Crippen LogP contribution in [-0.2, 0) is 74.9 Å². The summed E-state index contributed by atoms with van der Waals surface area (Å²) in [7, 11) is -1.65. The molecule has 2 aliphatic rings. The Labute approximate surface area is 528 Å². The summed E-state index contributed by atoms with van der Waals surface area (Å²) in [6, 6.07) is 82.7. The van der Waals surface area contributed by atoms with E-state index in [1.807, 2.05) is 97.1 Å². The summed E-state index contributed by atoms with van der Waals surface area (Å²) < 4.78 is 22.4. The van der Waals surface area contributed by atoms with Gasteiger partial charge < -0.3 is 40.1 Å². The predicted molar refractivity (Wildman–Crippen MR) is 325 cm³/mol. The molecule has 82 heavy (non-hydrogen) atoms. The first-order valence-electron chi connectivity index (χ1n) is 24.4. The Balaban J connectivity index is 0.000000344. The number of carbonyl (C=O) groups excluding carboxylic acids is 2. The molecule has 22 heteroatoms. The van der Waals surface area contributed by atoms with E-state index in [1.54, 1.807) is 0 Å². The normalized spacial score (nSPS) is 15.7. The largest absolute Gasteiger partial charge is 1.00 e. The molecule has 0 amide bonds. The second kappa shape index (κ2) is 35.4. The van der Waals surface area contributed by atoms with Crippen LogP contribution in [0.3, 0.4) is 0 Å². The SMILES string of the molecule is COC(=O)[C@@H]1CP(c2ccccc2)(c2ccccc2)=NC1(c1ccccc1)c1ccccc1.COC(=O)[C@H]1CP(c2ccccc2)(c2ccccc2)=NC1(c1ccccc1)c1ccccc1.ClCCl.ClCCl.O=[N+]([O-])[O-].O=[N+]([O-])[O-].[Ag+].[Ag+]. The number of benzene rings is 8. The van der Waals surface area contributed by atoms with Gasteiger partial charge in [-0.05, 0) is 43.5 Å². The molecule has 0 aliphatic carbocycles. The van der Waals surface area contributed by atoms with E-state index in [1.165, 1.54) is 35.4 Å². The van der Waals surface area contributed by atoms with E-state index in [0.29, 0.717) is 12.3 Å². The molecule has 0 spiro atoms. The fourth-order valence-corrected chi connectivity index (χ4v) is 18.5. The van der Waals surface area contributed by atoms with Crippen molar-refractivity contribution in [3.63, 3.8) is 0 Å². The van der Waals surface area contributed by atoms with Gasteiger partial charge in [0.05, 0.1) is 46.9 Å². The fraction of sp³-hybridized carbons (Fsp3) is 0.167. The van der Waals surface area contributed by atoms with Gasteiger partial charge in [0, 0.05) is 26.4 Å². The van der Waals surface area contributed by atoms with Gasteiger partial charge in [0.1, 0.15) is 11.1 Å². The van der Waals surface area contributed by atoms with Crippen LogP contribution in [0.15, 0.2) is 252 Å². The molecule has 2 atom stereocenters. The number of alkyl halides is 4. The van der Waals surface area contributed by atoms with E-state index < -0.39 is 47.2 Å². The molecule has 14 nitrogen and oxygen atoms in total. The number of nitrogens with zero attached hydrogens (tertiary/aromatic N) is 4. The number of methoxy groups -OCH3 is 2. The van der Waals surface area contributed by atoms with E-state index in [2.05, 4.69) is 146 Å². The summed E-state index contributed by atoms with van der Waals surface area (Å²) in [5, 5.41) is 34.6. The van der Waals surface area contributed by atoms with Crippen molar-refractivity contribution in [2.45, 2.75) is 11.1 Å². The molecule has 0 radical (unpaired) electrons. The van der Waals surface area contributed by atoms with E-state index in [0.717, 1.165) is 22.3 Å². The number of hydrogen-bond acceptors (Lipinski definition) is 12. The molecule has 0 bridgehead atoms. The maximum atomic E-state index is 13.5. The zero-order chi connectivity index (χ0) is 58.0. The Morgan fingerprint density at radius 3 is 0.732 bits per heavy atom. The first-order valence-corrected chi connectivity index (χ1v) is 30.4. The van der Waals surface area contributed by atoms with Crippen LogP contribution in [0.2, 0.25) is 0 Å². The van der Waals surface area contributed by atoms with Crippen LogP contribution < -0.4 is 21.2 Å². The molecule has 2 aliphatic heterocycles. The average molecular weight is 1410 g/mol. The van der Waals surface area contributed by atoms with Gasteiger partial charge in [-0.1, -0.05) is 243 Å². The Kier molecular flexibility index (Phi) is 30.4. The molecule has 10 rings (SSSR count). The van der Waals surface area contributed by atoms with Crippen molar-refractivity contribution in [3.05, 3.63) is 296 Å². The molecule has 0 aromatic heterocycles. The van der Waals surface area contributed by atoms with Gasteiger partial charge in [-0.15, -0.1) is 46.4 Å². The number of esters is 2. The maximum absolute atomic E-state index is 13.5. The average Bonchev–Trinajstić information content (AvgIpc) is 4.30. The third-order valence-corrected chi connectivity index (χ3v) is 20.8. The molecule has 0 saturated heterocycles. The minimum atomic E-state index is -2.30. The molecule has 0 fully saturated rings. The first kappa shape index (κ1) is 70.5. The molecule has 0 saturated carbocycles. The predicted octanol–water partition coefficient (Wildman–Crippen LogP) is 13.5. The molecule has 0 unspecified atom stereocenters. The molecule has 8 aromatic carbocycles. The second-order valence-corrected chi connectivity index (χ2v) is 25.1. The molecular weight excluding hydrogens is 1360 g/mol. The topological polar surface area (TPSA) is 210 Å². The Bertz CT molecular complexity index is 2910. The molecule has 2 heterocycles. The number of carbonyl (C=O) groups is 2. The zero-order valence-corrected chi connectivity index (χ0v) is 51.7. The monoisotopic (exact) mass is 1410 g/mol. The van der Waals surface area contributed by atoms with Crippen LogP contribution in [0.4, 0.5) is 0 Å². The van der Waals surface area contributed by atoms with Gasteiger partial charge in [-0.3, -0.25) is 19.1 Å². The van der Waals surface area contributed by atoms with Gasteiger partial charge >= 0.3 is 56.7 Å². The second-order valence-electron chi connectivity index (χ2n) is 17.2. The minimum absolute atomic E-state index is 0. The smallest absolute Gasteiger partial charge is 0.469 e. The number of rotatable bonds is 10. The number of hydrogen-bond donors (Lipinski definition) is 0. The van der Waals surface area contributed by atoms with E-state index in [9.17, 15) is 9.59 Å². The van der Waals surface area contributed by atoms with Crippen LogP contribution >= 0.6 is 60.5 Å². The van der Waals surface area contributed by atoms with Gasteiger partial charge in [0.2, 0.25) is 0 Å². The van der Waals surface area contributed by atoms with Gasteiger partial charge in [-0.25, -0.2) is 0 Å². The van der Waals surface area contributed by atoms with Crippen molar-refractivity contribution in [2.24, 2.45) is 21.3 Å². The molecule has 8 aromatic rings. The van der Waals surface area contributed by atoms with E-state index in [4.69, 9.17) is 96.0 Å². The summed E-state index contributed by atoms with van der Waals surface area (Å²) in [5.41, 5.74) is 2.38. The Morgan fingerprint density at radius 1 is 0.415 bits per heavy atom. The van der Waals surface area contributed by atoms with Crippen molar-refractivity contribution in [3.8, 4) is 0 Å². The van der Waals surface area contributed by atoms with Crippen molar-refractivity contribution in [2.75, 3.05) is 37.2 Å². The summed E-state index contributed by atoms with van der Waals surface area (Å²) >= 11 is 19.1. The summed E-state index contributed by atoms with van der Waals surface area (Å²) in [5.74, 6) is -1.33. The summed E-state index contributed by atoms with van der Waals surface area (Å²) in [6.07, 6.45) is 1.25.